The number of imide groups is 1. The first kappa shape index (κ1) is 13.9. The van der Waals surface area contributed by atoms with Crippen LogP contribution in [0.4, 0.5) is 4.79 Å². The highest BCUT2D eigenvalue weighted by Crippen LogP contribution is 2.23. The van der Waals surface area contributed by atoms with Gasteiger partial charge in [0.1, 0.15) is 0 Å². The minimum atomic E-state index is -0.812. The number of carbonyl (C=O) groups is 2. The summed E-state index contributed by atoms with van der Waals surface area (Å²) < 4.78 is 0. The summed E-state index contributed by atoms with van der Waals surface area (Å²) in [5.41, 5.74) is 4.92. The van der Waals surface area contributed by atoms with E-state index in [0.29, 0.717) is 6.04 Å². The van der Waals surface area contributed by atoms with Gasteiger partial charge in [0.15, 0.2) is 0 Å². The Hall–Kier alpha value is -1.14. The molecule has 0 aromatic rings. The second kappa shape index (κ2) is 6.56. The van der Waals surface area contributed by atoms with E-state index in [9.17, 15) is 9.59 Å². The maximum Gasteiger partial charge on any atom is 0.318 e. The molecule has 1 aliphatic rings. The van der Waals surface area contributed by atoms with Gasteiger partial charge in [0.05, 0.1) is 6.04 Å². The highest BCUT2D eigenvalue weighted by molar-refractivity contribution is 5.96. The predicted octanol–water partition coefficient (Wildman–Crippen LogP) is -0.193. The lowest BCUT2D eigenvalue weighted by molar-refractivity contribution is -0.125. The molecule has 2 unspecified atom stereocenters. The first-order chi connectivity index (χ1) is 8.06. The predicted molar refractivity (Wildman–Crippen MR) is 63.2 cm³/mol. The van der Waals surface area contributed by atoms with Crippen LogP contribution >= 0.6 is 0 Å². The van der Waals surface area contributed by atoms with E-state index >= 15 is 0 Å². The molecule has 0 aliphatic carbocycles. The number of urea groups is 1. The Kier molecular flexibility index (Phi) is 5.37. The van der Waals surface area contributed by atoms with Crippen molar-refractivity contribution in [2.45, 2.75) is 44.7 Å². The van der Waals surface area contributed by atoms with E-state index in [4.69, 9.17) is 10.8 Å². The van der Waals surface area contributed by atoms with Crippen molar-refractivity contribution in [1.29, 1.82) is 0 Å². The van der Waals surface area contributed by atoms with Gasteiger partial charge in [-0.2, -0.15) is 0 Å². The number of amides is 3. The third-order valence-electron chi connectivity index (χ3n) is 3.24. The Labute approximate surface area is 101 Å². The molecule has 0 radical (unpaired) electrons. The van der Waals surface area contributed by atoms with Gasteiger partial charge in [-0.1, -0.05) is 0 Å². The number of rotatable bonds is 5. The Bertz CT molecular complexity index is 283. The van der Waals surface area contributed by atoms with Crippen LogP contribution in [0.25, 0.3) is 0 Å². The van der Waals surface area contributed by atoms with Gasteiger partial charge in [0, 0.05) is 12.6 Å². The SMILES string of the molecule is CC(C(=O)NC(N)=O)N1CCCC1CCCO. The summed E-state index contributed by atoms with van der Waals surface area (Å²) in [7, 11) is 0. The molecule has 17 heavy (non-hydrogen) atoms. The molecule has 1 aliphatic heterocycles. The Morgan fingerprint density at radius 1 is 1.59 bits per heavy atom. The topological polar surface area (TPSA) is 95.7 Å². The number of nitrogens with one attached hydrogen (secondary N) is 1. The molecule has 1 saturated heterocycles. The van der Waals surface area contributed by atoms with Gasteiger partial charge in [-0.3, -0.25) is 15.0 Å². The monoisotopic (exact) mass is 243 g/mol. The van der Waals surface area contributed by atoms with Gasteiger partial charge in [0.2, 0.25) is 5.91 Å². The molecular weight excluding hydrogens is 222 g/mol. The van der Waals surface area contributed by atoms with Crippen molar-refractivity contribution in [2.75, 3.05) is 13.2 Å². The third kappa shape index (κ3) is 3.98. The first-order valence-corrected chi connectivity index (χ1v) is 6.03. The van der Waals surface area contributed by atoms with Crippen LogP contribution in [-0.4, -0.2) is 47.2 Å². The van der Waals surface area contributed by atoms with E-state index in [0.717, 1.165) is 32.2 Å². The molecular formula is C11H21N3O3. The third-order valence-corrected chi connectivity index (χ3v) is 3.24. The Morgan fingerprint density at radius 2 is 2.29 bits per heavy atom. The second-order valence-electron chi connectivity index (χ2n) is 4.43. The zero-order chi connectivity index (χ0) is 12.8. The number of primary amides is 1. The molecule has 0 bridgehead atoms. The summed E-state index contributed by atoms with van der Waals surface area (Å²) in [5.74, 6) is -0.353. The number of nitrogens with two attached hydrogens (primary N) is 1. The van der Waals surface area contributed by atoms with E-state index in [1.165, 1.54) is 0 Å². The quantitative estimate of drug-likeness (QED) is 0.623. The molecule has 3 amide bonds. The van der Waals surface area contributed by atoms with Crippen molar-refractivity contribution in [3.8, 4) is 0 Å². The maximum atomic E-state index is 11.7. The molecule has 0 saturated carbocycles. The largest absolute Gasteiger partial charge is 0.396 e. The summed E-state index contributed by atoms with van der Waals surface area (Å²) in [4.78, 5) is 24.4. The van der Waals surface area contributed by atoms with Crippen LogP contribution in [0.1, 0.15) is 32.6 Å². The van der Waals surface area contributed by atoms with Crippen molar-refractivity contribution in [1.82, 2.24) is 10.2 Å². The zero-order valence-corrected chi connectivity index (χ0v) is 10.2. The standard InChI is InChI=1S/C11H21N3O3/c1-8(10(16)13-11(12)17)14-6-2-4-9(14)5-3-7-15/h8-9,15H,2-7H2,1H3,(H3,12,13,16,17). The highest BCUT2D eigenvalue weighted by Gasteiger charge is 2.31. The van der Waals surface area contributed by atoms with Gasteiger partial charge >= 0.3 is 6.03 Å². The number of hydrogen-bond donors (Lipinski definition) is 3. The van der Waals surface area contributed by atoms with Gasteiger partial charge < -0.3 is 10.8 Å². The lowest BCUT2D eigenvalue weighted by Crippen LogP contribution is -2.49. The fraction of sp³-hybridized carbons (Fsp3) is 0.818. The number of aliphatic hydroxyl groups excluding tert-OH is 1. The van der Waals surface area contributed by atoms with E-state index in [-0.39, 0.29) is 18.6 Å². The van der Waals surface area contributed by atoms with Crippen molar-refractivity contribution in [2.24, 2.45) is 5.73 Å². The van der Waals surface area contributed by atoms with Crippen LogP contribution in [-0.2, 0) is 4.79 Å². The van der Waals surface area contributed by atoms with Crippen molar-refractivity contribution in [3.05, 3.63) is 0 Å². The molecule has 6 heteroatoms. The summed E-state index contributed by atoms with van der Waals surface area (Å²) >= 11 is 0. The van der Waals surface area contributed by atoms with E-state index < -0.39 is 6.03 Å². The van der Waals surface area contributed by atoms with Gasteiger partial charge in [-0.05, 0) is 39.2 Å². The van der Waals surface area contributed by atoms with Gasteiger partial charge in [0.25, 0.3) is 0 Å². The Morgan fingerprint density at radius 3 is 2.88 bits per heavy atom. The summed E-state index contributed by atoms with van der Waals surface area (Å²) in [6.07, 6.45) is 3.70. The van der Waals surface area contributed by atoms with Crippen LogP contribution in [0.3, 0.4) is 0 Å². The fourth-order valence-corrected chi connectivity index (χ4v) is 2.38. The minimum Gasteiger partial charge on any atom is -0.396 e. The van der Waals surface area contributed by atoms with Crippen molar-refractivity contribution in [3.63, 3.8) is 0 Å². The smallest absolute Gasteiger partial charge is 0.318 e. The molecule has 1 fully saturated rings. The average Bonchev–Trinajstić information content (AvgIpc) is 2.72. The molecule has 1 rings (SSSR count). The van der Waals surface area contributed by atoms with Crippen LogP contribution in [0.2, 0.25) is 0 Å². The van der Waals surface area contributed by atoms with Crippen LogP contribution < -0.4 is 11.1 Å². The van der Waals surface area contributed by atoms with E-state index in [1.807, 2.05) is 0 Å². The normalized spacial score (nSPS) is 22.4. The van der Waals surface area contributed by atoms with Crippen LogP contribution in [0.5, 0.6) is 0 Å². The van der Waals surface area contributed by atoms with Crippen LogP contribution in [0.15, 0.2) is 0 Å². The number of carbonyl (C=O) groups excluding carboxylic acids is 2. The lowest BCUT2D eigenvalue weighted by Gasteiger charge is -2.29. The molecule has 1 heterocycles. The second-order valence-corrected chi connectivity index (χ2v) is 4.43. The fourth-order valence-electron chi connectivity index (χ4n) is 2.38. The van der Waals surface area contributed by atoms with Crippen molar-refractivity contribution < 1.29 is 14.7 Å². The maximum absolute atomic E-state index is 11.7. The van der Waals surface area contributed by atoms with Gasteiger partial charge in [-0.25, -0.2) is 4.79 Å². The molecule has 98 valence electrons. The molecule has 0 aromatic heterocycles. The lowest BCUT2D eigenvalue weighted by atomic mass is 10.1. The first-order valence-electron chi connectivity index (χ1n) is 6.03. The Balaban J connectivity index is 2.51. The van der Waals surface area contributed by atoms with Crippen molar-refractivity contribution >= 4 is 11.9 Å². The molecule has 6 nitrogen and oxygen atoms in total. The van der Waals surface area contributed by atoms with E-state index in [1.54, 1.807) is 6.92 Å². The van der Waals surface area contributed by atoms with E-state index in [2.05, 4.69) is 10.2 Å². The summed E-state index contributed by atoms with van der Waals surface area (Å²) in [6, 6.07) is -0.850. The number of likely N-dealkylation sites (tertiary alicyclic amines) is 1. The number of hydrogen-bond acceptors (Lipinski definition) is 4. The summed E-state index contributed by atoms with van der Waals surface area (Å²) in [6.45, 7) is 2.80. The molecule has 4 N–H and O–H groups in total. The summed E-state index contributed by atoms with van der Waals surface area (Å²) in [5, 5.41) is 10.9. The number of nitrogens with zero attached hydrogens (tertiary/aromatic N) is 1. The number of aliphatic hydroxyl groups is 1. The molecule has 0 spiro atoms. The van der Waals surface area contributed by atoms with Gasteiger partial charge in [-0.15, -0.1) is 0 Å². The minimum absolute atomic E-state index is 0.173. The highest BCUT2D eigenvalue weighted by atomic mass is 16.3. The molecule has 2 atom stereocenters. The molecule has 0 aromatic carbocycles. The zero-order valence-electron chi connectivity index (χ0n) is 10.2. The average molecular weight is 243 g/mol. The van der Waals surface area contributed by atoms with Crippen LogP contribution in [0, 0.1) is 0 Å².